The molecule has 1 heterocycles. The van der Waals surface area contributed by atoms with Crippen molar-refractivity contribution in [1.82, 2.24) is 10.1 Å². The van der Waals surface area contributed by atoms with Gasteiger partial charge in [0.15, 0.2) is 0 Å². The first-order valence-corrected chi connectivity index (χ1v) is 6.88. The number of hydrogen-bond donors (Lipinski definition) is 2. The van der Waals surface area contributed by atoms with Crippen molar-refractivity contribution in [3.05, 3.63) is 11.7 Å². The van der Waals surface area contributed by atoms with Crippen LogP contribution in [0.25, 0.3) is 0 Å². The lowest BCUT2D eigenvalue weighted by Gasteiger charge is -2.35. The number of nitrogens with two attached hydrogens (primary N) is 1. The Morgan fingerprint density at radius 1 is 1.53 bits per heavy atom. The van der Waals surface area contributed by atoms with E-state index < -0.39 is 11.7 Å². The molecule has 1 unspecified atom stereocenters. The number of ether oxygens (including phenoxy) is 1. The third kappa shape index (κ3) is 2.96. The molecule has 1 atom stereocenters. The molecular weight excluding hydrogens is 246 g/mol. The van der Waals surface area contributed by atoms with Crippen molar-refractivity contribution < 1.29 is 14.4 Å². The van der Waals surface area contributed by atoms with E-state index in [1.165, 1.54) is 0 Å². The number of hydrogen-bond acceptors (Lipinski definition) is 6. The molecule has 19 heavy (non-hydrogen) atoms. The summed E-state index contributed by atoms with van der Waals surface area (Å²) in [5.74, 6) is 1.49. The van der Waals surface area contributed by atoms with Crippen LogP contribution in [0.15, 0.2) is 4.52 Å². The topological polar surface area (TPSA) is 94.4 Å². The maximum atomic E-state index is 9.81. The molecular formula is C13H23N3O3. The van der Waals surface area contributed by atoms with Gasteiger partial charge in [0.2, 0.25) is 5.82 Å². The van der Waals surface area contributed by atoms with Crippen LogP contribution < -0.4 is 5.73 Å². The molecule has 1 aromatic rings. The summed E-state index contributed by atoms with van der Waals surface area (Å²) in [6.07, 6.45) is 3.57. The second kappa shape index (κ2) is 5.98. The van der Waals surface area contributed by atoms with Gasteiger partial charge in [-0.3, -0.25) is 0 Å². The predicted molar refractivity (Wildman–Crippen MR) is 69.2 cm³/mol. The Labute approximate surface area is 113 Å². The maximum Gasteiger partial charge on any atom is 0.255 e. The summed E-state index contributed by atoms with van der Waals surface area (Å²) in [7, 11) is 1.68. The molecule has 1 aliphatic carbocycles. The maximum absolute atomic E-state index is 9.81. The number of aliphatic hydroxyl groups excluding tert-OH is 1. The molecule has 0 aliphatic heterocycles. The smallest absolute Gasteiger partial charge is 0.255 e. The third-order valence-electron chi connectivity index (χ3n) is 4.05. The summed E-state index contributed by atoms with van der Waals surface area (Å²) in [5, 5.41) is 13.8. The zero-order valence-corrected chi connectivity index (χ0v) is 11.6. The fourth-order valence-electron chi connectivity index (χ4n) is 2.58. The zero-order valence-electron chi connectivity index (χ0n) is 11.6. The predicted octanol–water partition coefficient (Wildman–Crippen LogP) is 1.50. The van der Waals surface area contributed by atoms with Gasteiger partial charge in [-0.25, -0.2) is 0 Å². The van der Waals surface area contributed by atoms with Gasteiger partial charge in [-0.05, 0) is 44.6 Å². The molecule has 3 N–H and O–H groups in total. The van der Waals surface area contributed by atoms with Gasteiger partial charge >= 0.3 is 0 Å². The highest BCUT2D eigenvalue weighted by Crippen LogP contribution is 2.40. The van der Waals surface area contributed by atoms with Crippen molar-refractivity contribution in [3.8, 4) is 0 Å². The van der Waals surface area contributed by atoms with Crippen LogP contribution in [0.3, 0.4) is 0 Å². The van der Waals surface area contributed by atoms with Crippen LogP contribution in [-0.2, 0) is 10.3 Å². The van der Waals surface area contributed by atoms with Gasteiger partial charge in [-0.1, -0.05) is 12.1 Å². The van der Waals surface area contributed by atoms with E-state index in [1.54, 1.807) is 7.11 Å². The van der Waals surface area contributed by atoms with Crippen LogP contribution in [-0.4, -0.2) is 28.9 Å². The second-order valence-electron chi connectivity index (χ2n) is 5.43. The first-order chi connectivity index (χ1) is 9.11. The Hall–Kier alpha value is -0.980. The highest BCUT2D eigenvalue weighted by atomic mass is 16.5. The fraction of sp³-hybridized carbons (Fsp3) is 0.846. The molecule has 0 amide bonds. The lowest BCUT2D eigenvalue weighted by atomic mass is 9.79. The largest absolute Gasteiger partial charge is 0.383 e. The second-order valence-corrected chi connectivity index (χ2v) is 5.43. The number of aliphatic hydroxyl groups is 1. The molecule has 0 saturated heterocycles. The minimum absolute atomic E-state index is 0.232. The van der Waals surface area contributed by atoms with Crippen LogP contribution in [0.1, 0.15) is 56.8 Å². The quantitative estimate of drug-likeness (QED) is 0.841. The van der Waals surface area contributed by atoms with Crippen LogP contribution in [0, 0.1) is 5.92 Å². The van der Waals surface area contributed by atoms with Gasteiger partial charge < -0.3 is 20.1 Å². The zero-order chi connectivity index (χ0) is 13.9. The molecule has 1 saturated carbocycles. The molecule has 108 valence electrons. The molecule has 0 aromatic carbocycles. The Balaban J connectivity index is 2.15. The number of methoxy groups -OCH3 is 1. The minimum atomic E-state index is -0.789. The first-order valence-electron chi connectivity index (χ1n) is 6.88. The summed E-state index contributed by atoms with van der Waals surface area (Å²) in [5.41, 5.74) is 4.95. The molecule has 1 aliphatic rings. The van der Waals surface area contributed by atoms with Crippen LogP contribution in [0.4, 0.5) is 0 Å². The Morgan fingerprint density at radius 3 is 2.79 bits per heavy atom. The van der Waals surface area contributed by atoms with Gasteiger partial charge in [0.1, 0.15) is 11.7 Å². The third-order valence-corrected chi connectivity index (χ3v) is 4.05. The van der Waals surface area contributed by atoms with E-state index in [9.17, 15) is 5.11 Å². The Morgan fingerprint density at radius 2 is 2.21 bits per heavy atom. The van der Waals surface area contributed by atoms with Crippen LogP contribution >= 0.6 is 0 Å². The van der Waals surface area contributed by atoms with Crippen molar-refractivity contribution >= 4 is 0 Å². The van der Waals surface area contributed by atoms with Crippen molar-refractivity contribution in [2.45, 2.75) is 50.7 Å². The monoisotopic (exact) mass is 269 g/mol. The van der Waals surface area contributed by atoms with E-state index >= 15 is 0 Å². The summed E-state index contributed by atoms with van der Waals surface area (Å²) < 4.78 is 10.8. The average molecular weight is 269 g/mol. The Bertz CT molecular complexity index is 400. The van der Waals surface area contributed by atoms with Gasteiger partial charge in [0.25, 0.3) is 5.89 Å². The molecule has 1 aromatic heterocycles. The summed E-state index contributed by atoms with van der Waals surface area (Å²) in [4.78, 5) is 4.31. The van der Waals surface area contributed by atoms with Gasteiger partial charge in [-0.15, -0.1) is 0 Å². The first kappa shape index (κ1) is 14.4. The normalized spacial score (nSPS) is 29.4. The van der Waals surface area contributed by atoms with E-state index in [-0.39, 0.29) is 5.89 Å². The molecule has 0 bridgehead atoms. The van der Waals surface area contributed by atoms with Crippen molar-refractivity contribution in [1.29, 1.82) is 0 Å². The standard InChI is InChI=1S/C13H23N3O3/c1-9-3-6-13(18-2,7-4-9)12-15-11(19-16-12)10(17)5-8-14/h9-10,17H,3-8,14H2,1-2H3. The highest BCUT2D eigenvalue weighted by molar-refractivity contribution is 5.04. The average Bonchev–Trinajstić information content (AvgIpc) is 2.91. The van der Waals surface area contributed by atoms with Crippen LogP contribution in [0.2, 0.25) is 0 Å². The summed E-state index contributed by atoms with van der Waals surface area (Å²) in [6, 6.07) is 0. The summed E-state index contributed by atoms with van der Waals surface area (Å²) in [6.45, 7) is 2.62. The van der Waals surface area contributed by atoms with Gasteiger partial charge in [-0.2, -0.15) is 4.98 Å². The lowest BCUT2D eigenvalue weighted by Crippen LogP contribution is -2.34. The SMILES string of the molecule is COC1(c2noc(C(O)CCN)n2)CCC(C)CC1. The molecule has 0 radical (unpaired) electrons. The number of nitrogens with zero attached hydrogens (tertiary/aromatic N) is 2. The molecule has 6 nitrogen and oxygen atoms in total. The van der Waals surface area contributed by atoms with E-state index in [1.807, 2.05) is 0 Å². The molecule has 1 fully saturated rings. The van der Waals surface area contributed by atoms with Crippen molar-refractivity contribution in [3.63, 3.8) is 0 Å². The van der Waals surface area contributed by atoms with E-state index in [4.69, 9.17) is 15.0 Å². The van der Waals surface area contributed by atoms with E-state index in [0.29, 0.717) is 24.7 Å². The molecule has 2 rings (SSSR count). The van der Waals surface area contributed by atoms with Crippen molar-refractivity contribution in [2.24, 2.45) is 11.7 Å². The fourth-order valence-corrected chi connectivity index (χ4v) is 2.58. The summed E-state index contributed by atoms with van der Waals surface area (Å²) >= 11 is 0. The molecule has 6 heteroatoms. The van der Waals surface area contributed by atoms with Gasteiger partial charge in [0, 0.05) is 7.11 Å². The van der Waals surface area contributed by atoms with Crippen LogP contribution in [0.5, 0.6) is 0 Å². The minimum Gasteiger partial charge on any atom is -0.383 e. The van der Waals surface area contributed by atoms with Gasteiger partial charge in [0.05, 0.1) is 0 Å². The number of aromatic nitrogens is 2. The van der Waals surface area contributed by atoms with E-state index in [2.05, 4.69) is 17.1 Å². The highest BCUT2D eigenvalue weighted by Gasteiger charge is 2.40. The Kier molecular flexibility index (Phi) is 4.54. The lowest BCUT2D eigenvalue weighted by molar-refractivity contribution is -0.0609. The van der Waals surface area contributed by atoms with Crippen molar-refractivity contribution in [2.75, 3.05) is 13.7 Å². The number of rotatable bonds is 5. The van der Waals surface area contributed by atoms with E-state index in [0.717, 1.165) is 25.7 Å². The molecule has 0 spiro atoms.